The summed E-state index contributed by atoms with van der Waals surface area (Å²) in [6.45, 7) is -2.76. The van der Waals surface area contributed by atoms with Crippen molar-refractivity contribution in [3.05, 3.63) is 30.4 Å². The summed E-state index contributed by atoms with van der Waals surface area (Å²) < 4.78 is 33.3. The number of hydrogen-bond acceptors (Lipinski definition) is 10. The van der Waals surface area contributed by atoms with E-state index in [0.717, 1.165) is 7.11 Å². The maximum Gasteiger partial charge on any atom is 0.412 e. The number of nitrogens with zero attached hydrogens (tertiary/aromatic N) is 6. The third kappa shape index (κ3) is 4.24. The number of amides is 2. The lowest BCUT2D eigenvalue weighted by molar-refractivity contribution is 0.0958. The fourth-order valence-corrected chi connectivity index (χ4v) is 2.44. The van der Waals surface area contributed by atoms with Gasteiger partial charge >= 0.3 is 6.09 Å². The molecule has 0 radical (unpaired) electrons. The van der Waals surface area contributed by atoms with Crippen molar-refractivity contribution in [2.24, 2.45) is 7.05 Å². The number of aromatic nitrogens is 6. The quantitative estimate of drug-likeness (QED) is 0.528. The molecular formula is C17H19N9O4. The van der Waals surface area contributed by atoms with Crippen LogP contribution in [0, 0.1) is 0 Å². The molecule has 30 heavy (non-hydrogen) atoms. The van der Waals surface area contributed by atoms with Crippen LogP contribution < -0.4 is 20.7 Å². The molecule has 3 aromatic rings. The van der Waals surface area contributed by atoms with Crippen LogP contribution in [0.4, 0.5) is 22.1 Å². The summed E-state index contributed by atoms with van der Waals surface area (Å²) >= 11 is 0. The Kier molecular flexibility index (Phi) is 4.89. The third-order valence-electron chi connectivity index (χ3n) is 3.74. The maximum atomic E-state index is 12.5. The molecule has 0 aliphatic rings. The second kappa shape index (κ2) is 8.81. The maximum absolute atomic E-state index is 12.5. The van der Waals surface area contributed by atoms with Crippen molar-refractivity contribution >= 4 is 29.3 Å². The summed E-state index contributed by atoms with van der Waals surface area (Å²) in [5, 5.41) is 18.7. The molecule has 0 atom stereocenters. The highest BCUT2D eigenvalue weighted by Gasteiger charge is 2.20. The zero-order valence-corrected chi connectivity index (χ0v) is 16.1. The van der Waals surface area contributed by atoms with Gasteiger partial charge in [-0.15, -0.1) is 10.2 Å². The third-order valence-corrected chi connectivity index (χ3v) is 3.74. The molecule has 0 spiro atoms. The predicted molar refractivity (Wildman–Crippen MR) is 106 cm³/mol. The van der Waals surface area contributed by atoms with E-state index in [4.69, 9.17) is 8.85 Å². The first-order chi connectivity index (χ1) is 15.6. The number of rotatable bonds is 6. The first-order valence-corrected chi connectivity index (χ1v) is 8.32. The van der Waals surface area contributed by atoms with Gasteiger partial charge in [-0.25, -0.2) is 14.8 Å². The Balaban J connectivity index is 2.06. The second-order valence-electron chi connectivity index (χ2n) is 5.67. The monoisotopic (exact) mass is 416 g/mol. The molecule has 0 bridgehead atoms. The molecule has 3 aromatic heterocycles. The predicted octanol–water partition coefficient (Wildman–Crippen LogP) is 0.957. The summed E-state index contributed by atoms with van der Waals surface area (Å²) in [6, 6.07) is 2.89. The van der Waals surface area contributed by atoms with Gasteiger partial charge in [0.2, 0.25) is 0 Å². The lowest BCUT2D eigenvalue weighted by atomic mass is 10.2. The van der Waals surface area contributed by atoms with E-state index < -0.39 is 19.0 Å². The Hall–Kier alpha value is -4.29. The van der Waals surface area contributed by atoms with Crippen molar-refractivity contribution in [3.8, 4) is 17.1 Å². The molecule has 0 saturated heterocycles. The Bertz CT molecular complexity index is 1180. The molecule has 0 unspecified atom stereocenters. The highest BCUT2D eigenvalue weighted by molar-refractivity contribution is 5.99. The van der Waals surface area contributed by atoms with E-state index in [0.29, 0.717) is 11.4 Å². The fraction of sp³-hybridized carbons (Fsp3) is 0.235. The first kappa shape index (κ1) is 16.6. The first-order valence-electron chi connectivity index (χ1n) is 9.82. The molecule has 0 fully saturated rings. The highest BCUT2D eigenvalue weighted by Crippen LogP contribution is 2.35. The van der Waals surface area contributed by atoms with Crippen molar-refractivity contribution in [1.82, 2.24) is 35.3 Å². The van der Waals surface area contributed by atoms with E-state index in [2.05, 4.69) is 40.6 Å². The number of carbonyl (C=O) groups excluding carboxylic acids is 2. The van der Waals surface area contributed by atoms with Gasteiger partial charge in [0.15, 0.2) is 28.9 Å². The number of nitrogens with one attached hydrogen (secondary N) is 3. The van der Waals surface area contributed by atoms with Crippen LogP contribution in [0.3, 0.4) is 0 Å². The van der Waals surface area contributed by atoms with Gasteiger partial charge in [-0.05, 0) is 6.07 Å². The topological polar surface area (TPSA) is 158 Å². The Labute approximate surface area is 175 Å². The molecule has 2 amide bonds. The van der Waals surface area contributed by atoms with E-state index in [9.17, 15) is 9.59 Å². The van der Waals surface area contributed by atoms with E-state index in [-0.39, 0.29) is 28.8 Å². The Morgan fingerprint density at radius 3 is 2.73 bits per heavy atom. The molecule has 13 heteroatoms. The largest absolute Gasteiger partial charge is 0.492 e. The number of methoxy groups -OCH3 is 2. The summed E-state index contributed by atoms with van der Waals surface area (Å²) in [7, 11) is 4.27. The molecule has 0 aromatic carbocycles. The van der Waals surface area contributed by atoms with Crippen LogP contribution in [-0.2, 0) is 11.8 Å². The molecule has 13 nitrogen and oxygen atoms in total. The SMILES string of the molecule is [2H]C([2H])([2H])NC(=O)c1nnc(NC(=O)OC)cc1Nc1nccc(-c2ncn(C)n2)c1OC. The molecular weight excluding hydrogens is 394 g/mol. The fourth-order valence-electron chi connectivity index (χ4n) is 2.44. The molecule has 3 N–H and O–H groups in total. The minimum absolute atomic E-state index is 0.0184. The normalized spacial score (nSPS) is 12.2. The van der Waals surface area contributed by atoms with Crippen LogP contribution >= 0.6 is 0 Å². The smallest absolute Gasteiger partial charge is 0.412 e. The van der Waals surface area contributed by atoms with Crippen molar-refractivity contribution in [2.75, 3.05) is 31.8 Å². The van der Waals surface area contributed by atoms with Crippen molar-refractivity contribution < 1.29 is 23.2 Å². The van der Waals surface area contributed by atoms with Crippen molar-refractivity contribution in [3.63, 3.8) is 0 Å². The van der Waals surface area contributed by atoms with Gasteiger partial charge in [-0.3, -0.25) is 14.8 Å². The summed E-state index contributed by atoms with van der Waals surface area (Å²) in [4.78, 5) is 32.5. The molecule has 0 aliphatic carbocycles. The number of pyridine rings is 1. The minimum atomic E-state index is -2.76. The van der Waals surface area contributed by atoms with Gasteiger partial charge in [0.25, 0.3) is 5.91 Å². The van der Waals surface area contributed by atoms with Crippen LogP contribution in [-0.4, -0.2) is 63.1 Å². The summed E-state index contributed by atoms with van der Waals surface area (Å²) in [6.07, 6.45) is 2.15. The highest BCUT2D eigenvalue weighted by atomic mass is 16.5. The number of carbonyl (C=O) groups is 2. The Morgan fingerprint density at radius 2 is 2.07 bits per heavy atom. The number of aryl methyl sites for hydroxylation is 1. The lowest BCUT2D eigenvalue weighted by Gasteiger charge is -2.15. The van der Waals surface area contributed by atoms with Gasteiger partial charge in [0.05, 0.1) is 25.5 Å². The minimum Gasteiger partial charge on any atom is -0.492 e. The van der Waals surface area contributed by atoms with Gasteiger partial charge in [-0.1, -0.05) is 0 Å². The van der Waals surface area contributed by atoms with Gasteiger partial charge in [-0.2, -0.15) is 5.10 Å². The molecule has 156 valence electrons. The van der Waals surface area contributed by atoms with Gasteiger partial charge < -0.3 is 20.1 Å². The zero-order chi connectivity index (χ0) is 24.2. The van der Waals surface area contributed by atoms with Crippen LogP contribution in [0.5, 0.6) is 5.75 Å². The lowest BCUT2D eigenvalue weighted by Crippen LogP contribution is -2.22. The number of hydrogen-bond donors (Lipinski definition) is 3. The summed E-state index contributed by atoms with van der Waals surface area (Å²) in [5.74, 6) is -0.360. The average Bonchev–Trinajstić information content (AvgIpc) is 3.18. The zero-order valence-electron chi connectivity index (χ0n) is 19.1. The number of anilines is 3. The number of ether oxygens (including phenoxy) is 2. The Morgan fingerprint density at radius 1 is 1.23 bits per heavy atom. The molecule has 3 heterocycles. The summed E-state index contributed by atoms with van der Waals surface area (Å²) in [5.41, 5.74) is 0.112. The van der Waals surface area contributed by atoms with Crippen LogP contribution in [0.25, 0.3) is 11.4 Å². The van der Waals surface area contributed by atoms with Crippen LogP contribution in [0.2, 0.25) is 0 Å². The molecule has 3 rings (SSSR count). The van der Waals surface area contributed by atoms with E-state index >= 15 is 0 Å². The average molecular weight is 416 g/mol. The van der Waals surface area contributed by atoms with E-state index in [1.807, 2.05) is 5.32 Å². The van der Waals surface area contributed by atoms with Crippen LogP contribution in [0.15, 0.2) is 24.7 Å². The second-order valence-corrected chi connectivity index (χ2v) is 5.67. The van der Waals surface area contributed by atoms with Crippen LogP contribution in [0.1, 0.15) is 14.6 Å². The standard InChI is InChI=1S/C17H19N9O4/c1-18-16(27)12-10(7-11(23-24-12)22-17(28)30-4)21-15-13(29-3)9(5-6-19-15)14-20-8-26(2)25-14/h5-8H,1-4H3,(H,18,27)(H2,19,21,22,23,28)/i1D3. The van der Waals surface area contributed by atoms with Crippen molar-refractivity contribution in [2.45, 2.75) is 0 Å². The molecule has 0 aliphatic heterocycles. The van der Waals surface area contributed by atoms with Gasteiger partial charge in [0.1, 0.15) is 6.33 Å². The van der Waals surface area contributed by atoms with Gasteiger partial charge in [0, 0.05) is 30.4 Å². The van der Waals surface area contributed by atoms with E-state index in [1.54, 1.807) is 13.1 Å². The van der Waals surface area contributed by atoms with Crippen molar-refractivity contribution in [1.29, 1.82) is 0 Å². The molecule has 0 saturated carbocycles. The van der Waals surface area contributed by atoms with E-state index in [1.165, 1.54) is 30.4 Å².